The number of hydrogen-bond acceptors (Lipinski definition) is 2. The second-order valence-electron chi connectivity index (χ2n) is 6.95. The zero-order chi connectivity index (χ0) is 20.7. The van der Waals surface area contributed by atoms with Gasteiger partial charge < -0.3 is 10.2 Å². The molecule has 0 aliphatic heterocycles. The molecule has 2 atom stereocenters. The quantitative estimate of drug-likeness (QED) is 0.747. The highest BCUT2D eigenvalue weighted by atomic mass is 19.1. The summed E-state index contributed by atoms with van der Waals surface area (Å²) in [5, 5.41) is 2.89. The lowest BCUT2D eigenvalue weighted by molar-refractivity contribution is -0.140. The van der Waals surface area contributed by atoms with Crippen molar-refractivity contribution in [2.45, 2.75) is 52.2 Å². The summed E-state index contributed by atoms with van der Waals surface area (Å²) in [7, 11) is 0. The molecule has 0 aliphatic carbocycles. The fourth-order valence-electron chi connectivity index (χ4n) is 2.71. The van der Waals surface area contributed by atoms with Crippen LogP contribution < -0.4 is 5.32 Å². The van der Waals surface area contributed by atoms with Gasteiger partial charge in [-0.2, -0.15) is 0 Å². The van der Waals surface area contributed by atoms with Crippen LogP contribution in [0.25, 0.3) is 0 Å². The van der Waals surface area contributed by atoms with E-state index in [4.69, 9.17) is 0 Å². The van der Waals surface area contributed by atoms with Crippen molar-refractivity contribution < 1.29 is 18.4 Å². The maximum atomic E-state index is 13.2. The Balaban J connectivity index is 2.20. The number of benzene rings is 2. The van der Waals surface area contributed by atoms with Crippen LogP contribution in [0.4, 0.5) is 8.78 Å². The Morgan fingerprint density at radius 1 is 0.929 bits per heavy atom. The van der Waals surface area contributed by atoms with E-state index in [1.54, 1.807) is 31.2 Å². The summed E-state index contributed by atoms with van der Waals surface area (Å²) in [5.74, 6) is -1.25. The van der Waals surface area contributed by atoms with Gasteiger partial charge in [0.25, 0.3) is 0 Å². The number of carbonyl (C=O) groups excluding carboxylic acids is 2. The lowest BCUT2D eigenvalue weighted by Crippen LogP contribution is -2.49. The largest absolute Gasteiger partial charge is 0.352 e. The van der Waals surface area contributed by atoms with Crippen molar-refractivity contribution >= 4 is 11.8 Å². The molecular formula is C22H26F2N2O2. The molecule has 2 rings (SSSR count). The van der Waals surface area contributed by atoms with Crippen molar-refractivity contribution in [3.8, 4) is 0 Å². The minimum absolute atomic E-state index is 0.00479. The summed E-state index contributed by atoms with van der Waals surface area (Å²) in [4.78, 5) is 27.0. The third-order valence-electron chi connectivity index (χ3n) is 4.70. The molecule has 0 aromatic heterocycles. The molecule has 6 heteroatoms. The first-order valence-corrected chi connectivity index (χ1v) is 9.39. The molecule has 0 bridgehead atoms. The van der Waals surface area contributed by atoms with E-state index < -0.39 is 6.04 Å². The van der Waals surface area contributed by atoms with Crippen LogP contribution in [0.2, 0.25) is 0 Å². The summed E-state index contributed by atoms with van der Waals surface area (Å²) in [6, 6.07) is 10.8. The average Bonchev–Trinajstić information content (AvgIpc) is 2.68. The highest BCUT2D eigenvalue weighted by Crippen LogP contribution is 2.14. The van der Waals surface area contributed by atoms with Crippen molar-refractivity contribution in [1.29, 1.82) is 0 Å². The number of amides is 2. The molecule has 2 amide bonds. The molecule has 1 N–H and O–H groups in total. The number of nitrogens with one attached hydrogen (secondary N) is 1. The standard InChI is InChI=1S/C22H26F2N2O2/c1-4-15(2)25-22(28)16(3)26(14-18-7-11-20(24)12-8-18)21(27)13-17-5-9-19(23)10-6-17/h5-12,15-16H,4,13-14H2,1-3H3,(H,25,28). The normalized spacial score (nSPS) is 12.9. The Kier molecular flexibility index (Phi) is 7.67. The highest BCUT2D eigenvalue weighted by molar-refractivity contribution is 5.88. The highest BCUT2D eigenvalue weighted by Gasteiger charge is 2.26. The number of rotatable bonds is 8. The minimum atomic E-state index is -0.702. The predicted molar refractivity (Wildman–Crippen MR) is 104 cm³/mol. The zero-order valence-electron chi connectivity index (χ0n) is 16.4. The van der Waals surface area contributed by atoms with Gasteiger partial charge in [-0.1, -0.05) is 31.2 Å². The molecule has 0 aliphatic rings. The lowest BCUT2D eigenvalue weighted by Gasteiger charge is -2.29. The summed E-state index contributed by atoms with van der Waals surface area (Å²) in [6.45, 7) is 5.71. The van der Waals surface area contributed by atoms with Gasteiger partial charge in [-0.15, -0.1) is 0 Å². The van der Waals surface area contributed by atoms with Crippen LogP contribution in [-0.4, -0.2) is 28.8 Å². The maximum Gasteiger partial charge on any atom is 0.242 e. The smallest absolute Gasteiger partial charge is 0.242 e. The van der Waals surface area contributed by atoms with E-state index in [1.807, 2.05) is 13.8 Å². The molecule has 28 heavy (non-hydrogen) atoms. The van der Waals surface area contributed by atoms with Crippen LogP contribution in [0.15, 0.2) is 48.5 Å². The first-order valence-electron chi connectivity index (χ1n) is 9.39. The van der Waals surface area contributed by atoms with E-state index in [0.29, 0.717) is 5.56 Å². The fourth-order valence-corrected chi connectivity index (χ4v) is 2.71. The van der Waals surface area contributed by atoms with Crippen molar-refractivity contribution in [2.24, 2.45) is 0 Å². The molecule has 0 saturated heterocycles. The van der Waals surface area contributed by atoms with Crippen LogP contribution >= 0.6 is 0 Å². The SMILES string of the molecule is CCC(C)NC(=O)C(C)N(Cc1ccc(F)cc1)C(=O)Cc1ccc(F)cc1. The predicted octanol–water partition coefficient (Wildman–Crippen LogP) is 3.84. The Labute approximate surface area is 164 Å². The Hall–Kier alpha value is -2.76. The van der Waals surface area contributed by atoms with Crippen LogP contribution in [0.1, 0.15) is 38.3 Å². The Bertz CT molecular complexity index is 791. The van der Waals surface area contributed by atoms with Gasteiger partial charge in [0.2, 0.25) is 11.8 Å². The summed E-state index contributed by atoms with van der Waals surface area (Å²) in [5.41, 5.74) is 1.38. The van der Waals surface area contributed by atoms with Crippen LogP contribution in [0.5, 0.6) is 0 Å². The van der Waals surface area contributed by atoms with Gasteiger partial charge in [0, 0.05) is 12.6 Å². The number of hydrogen-bond donors (Lipinski definition) is 1. The van der Waals surface area contributed by atoms with Gasteiger partial charge in [-0.25, -0.2) is 8.78 Å². The van der Waals surface area contributed by atoms with Gasteiger partial charge in [0.1, 0.15) is 17.7 Å². The fraction of sp³-hybridized carbons (Fsp3) is 0.364. The average molecular weight is 388 g/mol. The van der Waals surface area contributed by atoms with E-state index in [9.17, 15) is 18.4 Å². The van der Waals surface area contributed by atoms with Gasteiger partial charge in [-0.3, -0.25) is 9.59 Å². The topological polar surface area (TPSA) is 49.4 Å². The number of carbonyl (C=O) groups is 2. The second-order valence-corrected chi connectivity index (χ2v) is 6.95. The Morgan fingerprint density at radius 2 is 1.43 bits per heavy atom. The Morgan fingerprint density at radius 3 is 1.93 bits per heavy atom. The molecule has 150 valence electrons. The molecule has 0 spiro atoms. The second kappa shape index (κ2) is 9.97. The molecule has 0 radical (unpaired) electrons. The molecule has 0 fully saturated rings. The van der Waals surface area contributed by atoms with E-state index in [1.165, 1.54) is 29.2 Å². The number of nitrogens with zero attached hydrogens (tertiary/aromatic N) is 1. The summed E-state index contributed by atoms with van der Waals surface area (Å²) < 4.78 is 26.3. The first-order chi connectivity index (χ1) is 13.3. The monoisotopic (exact) mass is 388 g/mol. The molecule has 2 unspecified atom stereocenters. The summed E-state index contributed by atoms with van der Waals surface area (Å²) in [6.07, 6.45) is 0.822. The van der Waals surface area contributed by atoms with Crippen LogP contribution in [0.3, 0.4) is 0 Å². The van der Waals surface area contributed by atoms with E-state index >= 15 is 0 Å². The van der Waals surface area contributed by atoms with Gasteiger partial charge in [0.05, 0.1) is 6.42 Å². The van der Waals surface area contributed by atoms with E-state index in [-0.39, 0.29) is 42.5 Å². The van der Waals surface area contributed by atoms with Crippen molar-refractivity contribution in [3.63, 3.8) is 0 Å². The van der Waals surface area contributed by atoms with Crippen LogP contribution in [0, 0.1) is 11.6 Å². The molecule has 4 nitrogen and oxygen atoms in total. The molecular weight excluding hydrogens is 362 g/mol. The maximum absolute atomic E-state index is 13.2. The van der Waals surface area contributed by atoms with Crippen molar-refractivity contribution in [1.82, 2.24) is 10.2 Å². The van der Waals surface area contributed by atoms with Gasteiger partial charge in [-0.05, 0) is 55.7 Å². The number of halogens is 2. The third-order valence-corrected chi connectivity index (χ3v) is 4.70. The first kappa shape index (κ1) is 21.5. The zero-order valence-corrected chi connectivity index (χ0v) is 16.4. The molecule has 2 aromatic rings. The van der Waals surface area contributed by atoms with Crippen LogP contribution in [-0.2, 0) is 22.6 Å². The van der Waals surface area contributed by atoms with Crippen molar-refractivity contribution in [3.05, 3.63) is 71.3 Å². The third kappa shape index (κ3) is 6.15. The van der Waals surface area contributed by atoms with E-state index in [0.717, 1.165) is 12.0 Å². The van der Waals surface area contributed by atoms with Gasteiger partial charge >= 0.3 is 0 Å². The molecule has 0 heterocycles. The summed E-state index contributed by atoms with van der Waals surface area (Å²) >= 11 is 0. The lowest BCUT2D eigenvalue weighted by atomic mass is 10.1. The molecule has 2 aromatic carbocycles. The minimum Gasteiger partial charge on any atom is -0.352 e. The molecule has 0 saturated carbocycles. The van der Waals surface area contributed by atoms with Crippen molar-refractivity contribution in [2.75, 3.05) is 0 Å². The van der Waals surface area contributed by atoms with Gasteiger partial charge in [0.15, 0.2) is 0 Å². The van der Waals surface area contributed by atoms with E-state index in [2.05, 4.69) is 5.32 Å².